The first kappa shape index (κ1) is 23.0. The Kier molecular flexibility index (Phi) is 7.13. The number of ketones is 1. The van der Waals surface area contributed by atoms with Crippen LogP contribution in [-0.4, -0.2) is 28.3 Å². The molecule has 6 heteroatoms. The number of aliphatic hydroxyl groups is 1. The van der Waals surface area contributed by atoms with E-state index in [4.69, 9.17) is 4.74 Å². The van der Waals surface area contributed by atoms with Crippen LogP contribution in [0, 0.1) is 3.57 Å². The summed E-state index contributed by atoms with van der Waals surface area (Å²) < 4.78 is 6.72. The van der Waals surface area contributed by atoms with Crippen molar-refractivity contribution in [3.63, 3.8) is 0 Å². The summed E-state index contributed by atoms with van der Waals surface area (Å²) in [6.07, 6.45) is 0.855. The van der Waals surface area contributed by atoms with Gasteiger partial charge in [0.05, 0.1) is 18.2 Å². The van der Waals surface area contributed by atoms with E-state index in [1.165, 1.54) is 4.90 Å². The molecule has 0 radical (unpaired) electrons. The molecule has 0 bridgehead atoms. The number of hydrogen-bond acceptors (Lipinski definition) is 4. The minimum Gasteiger partial charge on any atom is -0.507 e. The first-order chi connectivity index (χ1) is 16.0. The number of likely N-dealkylation sites (tertiary alicyclic amines) is 1. The van der Waals surface area contributed by atoms with Gasteiger partial charge in [0.15, 0.2) is 0 Å². The molecule has 3 aromatic rings. The van der Waals surface area contributed by atoms with Crippen molar-refractivity contribution in [1.29, 1.82) is 0 Å². The predicted molar refractivity (Wildman–Crippen MR) is 136 cm³/mol. The van der Waals surface area contributed by atoms with Gasteiger partial charge in [-0.05, 0) is 64.4 Å². The third-order valence-corrected chi connectivity index (χ3v) is 6.22. The number of halogens is 1. The molecule has 1 aliphatic rings. The molecule has 1 N–H and O–H groups in total. The molecule has 1 amide bonds. The second-order valence-electron chi connectivity index (χ2n) is 7.84. The highest BCUT2D eigenvalue weighted by Gasteiger charge is 2.46. The van der Waals surface area contributed by atoms with Crippen molar-refractivity contribution in [1.82, 2.24) is 4.90 Å². The molecule has 1 aliphatic heterocycles. The normalized spacial score (nSPS) is 17.4. The van der Waals surface area contributed by atoms with Crippen molar-refractivity contribution in [2.24, 2.45) is 0 Å². The maximum absolute atomic E-state index is 13.2. The SMILES string of the molecule is CCCOc1cccc(/C(O)=C2\C(=O)C(=O)N(Cc3ccccc3)C2c2ccc(I)cc2)c1. The van der Waals surface area contributed by atoms with Crippen molar-refractivity contribution >= 4 is 40.0 Å². The molecule has 5 nitrogen and oxygen atoms in total. The number of carbonyl (C=O) groups is 2. The van der Waals surface area contributed by atoms with Gasteiger partial charge in [0, 0.05) is 15.7 Å². The van der Waals surface area contributed by atoms with Crippen molar-refractivity contribution in [3.8, 4) is 5.75 Å². The predicted octanol–water partition coefficient (Wildman–Crippen LogP) is 5.70. The minimum absolute atomic E-state index is 0.0878. The van der Waals surface area contributed by atoms with Crippen LogP contribution in [0.25, 0.3) is 5.76 Å². The lowest BCUT2D eigenvalue weighted by atomic mass is 9.95. The summed E-state index contributed by atoms with van der Waals surface area (Å²) in [5, 5.41) is 11.3. The standard InChI is InChI=1S/C27H24INO4/c1-2-15-33-22-10-6-9-20(16-22)25(30)23-24(19-11-13-21(28)14-12-19)29(27(32)26(23)31)17-18-7-4-3-5-8-18/h3-14,16,24,30H,2,15,17H2,1H3/b25-23+. The lowest BCUT2D eigenvalue weighted by molar-refractivity contribution is -0.140. The van der Waals surface area contributed by atoms with Gasteiger partial charge >= 0.3 is 0 Å². The third kappa shape index (κ3) is 4.95. The Hall–Kier alpha value is -3.13. The number of ether oxygens (including phenoxy) is 1. The number of hydrogen-bond donors (Lipinski definition) is 1. The van der Waals surface area contributed by atoms with Gasteiger partial charge in [-0.25, -0.2) is 0 Å². The van der Waals surface area contributed by atoms with Crippen LogP contribution in [-0.2, 0) is 16.1 Å². The summed E-state index contributed by atoms with van der Waals surface area (Å²) in [6.45, 7) is 2.83. The van der Waals surface area contributed by atoms with E-state index < -0.39 is 17.7 Å². The van der Waals surface area contributed by atoms with E-state index in [1.807, 2.05) is 61.5 Å². The lowest BCUT2D eigenvalue weighted by Crippen LogP contribution is -2.29. The van der Waals surface area contributed by atoms with Gasteiger partial charge in [0.2, 0.25) is 0 Å². The average molecular weight is 553 g/mol. The Labute approximate surface area is 206 Å². The second-order valence-corrected chi connectivity index (χ2v) is 9.09. The summed E-state index contributed by atoms with van der Waals surface area (Å²) in [7, 11) is 0. The summed E-state index contributed by atoms with van der Waals surface area (Å²) >= 11 is 2.21. The molecule has 0 saturated carbocycles. The maximum Gasteiger partial charge on any atom is 0.295 e. The fraction of sp³-hybridized carbons (Fsp3) is 0.185. The Bertz CT molecular complexity index is 1190. The van der Waals surface area contributed by atoms with Crippen molar-refractivity contribution < 1.29 is 19.4 Å². The minimum atomic E-state index is -0.692. The number of rotatable bonds is 7. The molecular weight excluding hydrogens is 529 g/mol. The molecule has 3 aromatic carbocycles. The maximum atomic E-state index is 13.2. The molecule has 4 rings (SSSR count). The highest BCUT2D eigenvalue weighted by Crippen LogP contribution is 2.40. The molecular formula is C27H24INO4. The highest BCUT2D eigenvalue weighted by molar-refractivity contribution is 14.1. The van der Waals surface area contributed by atoms with Gasteiger partial charge in [-0.3, -0.25) is 9.59 Å². The van der Waals surface area contributed by atoms with Crippen LogP contribution in [0.5, 0.6) is 5.75 Å². The second kappa shape index (κ2) is 10.2. The molecule has 1 heterocycles. The Morgan fingerprint density at radius 3 is 2.42 bits per heavy atom. The molecule has 1 atom stereocenters. The molecule has 33 heavy (non-hydrogen) atoms. The fourth-order valence-corrected chi connectivity index (χ4v) is 4.28. The smallest absolute Gasteiger partial charge is 0.295 e. The average Bonchev–Trinajstić information content (AvgIpc) is 3.08. The third-order valence-electron chi connectivity index (χ3n) is 5.50. The summed E-state index contributed by atoms with van der Waals surface area (Å²) in [5.74, 6) is -0.908. The Balaban J connectivity index is 1.81. The Morgan fingerprint density at radius 2 is 1.73 bits per heavy atom. The van der Waals surface area contributed by atoms with E-state index in [0.29, 0.717) is 17.9 Å². The van der Waals surface area contributed by atoms with Crippen LogP contribution in [0.2, 0.25) is 0 Å². The number of nitrogens with zero attached hydrogens (tertiary/aromatic N) is 1. The molecule has 1 fully saturated rings. The molecule has 1 saturated heterocycles. The van der Waals surface area contributed by atoms with E-state index in [-0.39, 0.29) is 17.9 Å². The fourth-order valence-electron chi connectivity index (χ4n) is 3.92. The number of aliphatic hydroxyl groups excluding tert-OH is 1. The van der Waals surface area contributed by atoms with E-state index in [2.05, 4.69) is 22.6 Å². The van der Waals surface area contributed by atoms with E-state index in [1.54, 1.807) is 24.3 Å². The van der Waals surface area contributed by atoms with Crippen LogP contribution in [0.15, 0.2) is 84.4 Å². The first-order valence-electron chi connectivity index (χ1n) is 10.8. The van der Waals surface area contributed by atoms with E-state index >= 15 is 0 Å². The molecule has 1 unspecified atom stereocenters. The highest BCUT2D eigenvalue weighted by atomic mass is 127. The largest absolute Gasteiger partial charge is 0.507 e. The van der Waals surface area contributed by atoms with Gasteiger partial charge in [-0.1, -0.05) is 61.5 Å². The monoisotopic (exact) mass is 553 g/mol. The van der Waals surface area contributed by atoms with Crippen molar-refractivity contribution in [2.45, 2.75) is 25.9 Å². The molecule has 0 aliphatic carbocycles. The number of benzene rings is 3. The molecule has 168 valence electrons. The summed E-state index contributed by atoms with van der Waals surface area (Å²) in [5.41, 5.74) is 2.21. The van der Waals surface area contributed by atoms with Crippen LogP contribution in [0.1, 0.15) is 36.1 Å². The summed E-state index contributed by atoms with van der Waals surface area (Å²) in [6, 6.07) is 23.5. The first-order valence-corrected chi connectivity index (χ1v) is 11.9. The summed E-state index contributed by atoms with van der Waals surface area (Å²) in [4.78, 5) is 27.8. The lowest BCUT2D eigenvalue weighted by Gasteiger charge is -2.25. The zero-order chi connectivity index (χ0) is 23.4. The number of amides is 1. The van der Waals surface area contributed by atoms with Crippen LogP contribution >= 0.6 is 22.6 Å². The van der Waals surface area contributed by atoms with E-state index in [9.17, 15) is 14.7 Å². The van der Waals surface area contributed by atoms with Crippen molar-refractivity contribution in [3.05, 3.63) is 105 Å². The van der Waals surface area contributed by atoms with Crippen LogP contribution in [0.4, 0.5) is 0 Å². The van der Waals surface area contributed by atoms with Gasteiger partial charge in [0.1, 0.15) is 11.5 Å². The molecule has 0 spiro atoms. The van der Waals surface area contributed by atoms with Gasteiger partial charge in [-0.15, -0.1) is 0 Å². The number of carbonyl (C=O) groups excluding carboxylic acids is 2. The van der Waals surface area contributed by atoms with Crippen LogP contribution < -0.4 is 4.74 Å². The molecule has 0 aromatic heterocycles. The Morgan fingerprint density at radius 1 is 1.00 bits per heavy atom. The number of Topliss-reactive ketones (excluding diaryl/α,β-unsaturated/α-hetero) is 1. The quantitative estimate of drug-likeness (QED) is 0.177. The van der Waals surface area contributed by atoms with Crippen LogP contribution in [0.3, 0.4) is 0 Å². The van der Waals surface area contributed by atoms with Gasteiger partial charge in [-0.2, -0.15) is 0 Å². The van der Waals surface area contributed by atoms with Gasteiger partial charge in [0.25, 0.3) is 11.7 Å². The zero-order valence-corrected chi connectivity index (χ0v) is 20.4. The zero-order valence-electron chi connectivity index (χ0n) is 18.2. The topological polar surface area (TPSA) is 66.8 Å². The van der Waals surface area contributed by atoms with E-state index in [0.717, 1.165) is 21.1 Å². The van der Waals surface area contributed by atoms with Gasteiger partial charge < -0.3 is 14.7 Å². The van der Waals surface area contributed by atoms with Crippen molar-refractivity contribution in [2.75, 3.05) is 6.61 Å².